The smallest absolute Gasteiger partial charge is 0.459 e. The Morgan fingerprint density at radius 1 is 0.920 bits per heavy atom. The summed E-state index contributed by atoms with van der Waals surface area (Å²) >= 11 is 0. The normalized spacial score (nSPS) is 15.3. The Morgan fingerprint density at radius 2 is 1.36 bits per heavy atom. The van der Waals surface area contributed by atoms with E-state index in [1.807, 2.05) is 0 Å². The number of rotatable bonds is 8. The lowest BCUT2D eigenvalue weighted by atomic mass is 10.2. The maximum atomic E-state index is 13.7. The molecule has 0 aromatic carbocycles. The van der Waals surface area contributed by atoms with E-state index in [4.69, 9.17) is 0 Å². The molecule has 1 unspecified atom stereocenters. The molecule has 0 saturated heterocycles. The van der Waals surface area contributed by atoms with E-state index in [0.717, 1.165) is 0 Å². The van der Waals surface area contributed by atoms with E-state index in [9.17, 15) is 44.7 Å². The van der Waals surface area contributed by atoms with E-state index in [1.54, 1.807) is 0 Å². The van der Waals surface area contributed by atoms with Crippen molar-refractivity contribution in [3.8, 4) is 0 Å². The van der Waals surface area contributed by atoms with Crippen LogP contribution in [-0.4, -0.2) is 49.2 Å². The maximum Gasteiger partial charge on any atom is 0.460 e. The monoisotopic (exact) mass is 388 g/mol. The molecule has 0 aliphatic rings. The van der Waals surface area contributed by atoms with Crippen molar-refractivity contribution in [1.82, 2.24) is 0 Å². The molecule has 0 amide bonds. The Labute approximate surface area is 135 Å². The first-order valence-corrected chi connectivity index (χ1v) is 6.17. The lowest BCUT2D eigenvalue weighted by Crippen LogP contribution is -2.58. The van der Waals surface area contributed by atoms with Crippen LogP contribution in [-0.2, 0) is 23.8 Å². The summed E-state index contributed by atoms with van der Waals surface area (Å²) in [5, 5.41) is 0. The van der Waals surface area contributed by atoms with Crippen molar-refractivity contribution in [2.75, 3.05) is 13.2 Å². The van der Waals surface area contributed by atoms with Crippen LogP contribution in [0.15, 0.2) is 12.2 Å². The van der Waals surface area contributed by atoms with Gasteiger partial charge in [0.1, 0.15) is 13.2 Å². The fourth-order valence-electron chi connectivity index (χ4n) is 0.966. The van der Waals surface area contributed by atoms with Crippen LogP contribution in [0.25, 0.3) is 0 Å². The molecule has 0 aromatic rings. The minimum atomic E-state index is -6.47. The number of hydrogen-bond donors (Lipinski definition) is 0. The van der Waals surface area contributed by atoms with Crippen LogP contribution < -0.4 is 0 Å². The second-order valence-electron chi connectivity index (χ2n) is 4.65. The first kappa shape index (κ1) is 23.1. The number of hydrogen-bond acceptors (Lipinski definition) is 5. The Balaban J connectivity index is 5.13. The third-order valence-corrected chi connectivity index (χ3v) is 2.31. The summed E-state index contributed by atoms with van der Waals surface area (Å²) < 4.78 is 113. The highest BCUT2D eigenvalue weighted by atomic mass is 19.4. The number of carbonyl (C=O) groups is 2. The summed E-state index contributed by atoms with van der Waals surface area (Å²) in [5.41, 5.74) is -0.130. The van der Waals surface area contributed by atoms with Crippen LogP contribution in [0.3, 0.4) is 0 Å². The van der Waals surface area contributed by atoms with Gasteiger partial charge in [0, 0.05) is 12.5 Å². The summed E-state index contributed by atoms with van der Waals surface area (Å²) in [6.07, 6.45) is -12.4. The standard InChI is InChI=1S/C12H12F8O5/c1-6(2)7(21)23-4-5-24-8(22)10(15,11(16,17)18)25-12(19,20)9(3,13)14/h1,4-5H2,2-3H3. The van der Waals surface area contributed by atoms with Gasteiger partial charge in [0.05, 0.1) is 0 Å². The summed E-state index contributed by atoms with van der Waals surface area (Å²) in [4.78, 5) is 22.0. The first-order valence-electron chi connectivity index (χ1n) is 6.17. The van der Waals surface area contributed by atoms with Crippen LogP contribution >= 0.6 is 0 Å². The molecule has 0 aromatic heterocycles. The molecule has 1 atom stereocenters. The zero-order valence-corrected chi connectivity index (χ0v) is 12.7. The fourth-order valence-corrected chi connectivity index (χ4v) is 0.966. The quantitative estimate of drug-likeness (QED) is 0.277. The zero-order chi connectivity index (χ0) is 20.3. The van der Waals surface area contributed by atoms with Gasteiger partial charge in [-0.05, 0) is 6.92 Å². The first-order chi connectivity index (χ1) is 11.0. The predicted molar refractivity (Wildman–Crippen MR) is 63.3 cm³/mol. The van der Waals surface area contributed by atoms with Crippen molar-refractivity contribution in [1.29, 1.82) is 0 Å². The fraction of sp³-hybridized carbons (Fsp3) is 0.667. The number of esters is 2. The van der Waals surface area contributed by atoms with Gasteiger partial charge in [0.2, 0.25) is 0 Å². The van der Waals surface area contributed by atoms with E-state index in [-0.39, 0.29) is 5.57 Å². The van der Waals surface area contributed by atoms with Gasteiger partial charge in [0.25, 0.3) is 0 Å². The molecule has 0 fully saturated rings. The van der Waals surface area contributed by atoms with Gasteiger partial charge in [0.15, 0.2) is 0 Å². The summed E-state index contributed by atoms with van der Waals surface area (Å²) in [7, 11) is 0. The van der Waals surface area contributed by atoms with Crippen molar-refractivity contribution in [2.45, 2.75) is 37.9 Å². The van der Waals surface area contributed by atoms with Crippen molar-refractivity contribution in [3.63, 3.8) is 0 Å². The maximum absolute atomic E-state index is 13.7. The largest absolute Gasteiger partial charge is 0.460 e. The van der Waals surface area contributed by atoms with Crippen LogP contribution in [0.4, 0.5) is 35.1 Å². The van der Waals surface area contributed by atoms with E-state index < -0.39 is 56.1 Å². The average molecular weight is 388 g/mol. The van der Waals surface area contributed by atoms with Gasteiger partial charge in [-0.3, -0.25) is 4.74 Å². The Morgan fingerprint density at radius 3 is 1.72 bits per heavy atom. The topological polar surface area (TPSA) is 61.8 Å². The third kappa shape index (κ3) is 5.83. The number of halogens is 8. The summed E-state index contributed by atoms with van der Waals surface area (Å²) in [6.45, 7) is 1.71. The van der Waals surface area contributed by atoms with Crippen molar-refractivity contribution >= 4 is 11.9 Å². The van der Waals surface area contributed by atoms with Gasteiger partial charge in [-0.1, -0.05) is 6.58 Å². The van der Waals surface area contributed by atoms with Crippen LogP contribution in [0.2, 0.25) is 0 Å². The highest BCUT2D eigenvalue weighted by Gasteiger charge is 2.72. The van der Waals surface area contributed by atoms with E-state index in [0.29, 0.717) is 0 Å². The van der Waals surface area contributed by atoms with E-state index >= 15 is 0 Å². The molecular formula is C12H12F8O5. The minimum absolute atomic E-state index is 0.130. The zero-order valence-electron chi connectivity index (χ0n) is 12.7. The van der Waals surface area contributed by atoms with Crippen molar-refractivity contribution in [2.24, 2.45) is 0 Å². The van der Waals surface area contributed by atoms with Gasteiger partial charge in [-0.15, -0.1) is 0 Å². The molecule has 13 heteroatoms. The molecule has 0 N–H and O–H groups in total. The van der Waals surface area contributed by atoms with Crippen molar-refractivity contribution in [3.05, 3.63) is 12.2 Å². The number of alkyl halides is 8. The average Bonchev–Trinajstić information content (AvgIpc) is 2.39. The van der Waals surface area contributed by atoms with Crippen molar-refractivity contribution < 1.29 is 58.9 Å². The molecule has 5 nitrogen and oxygen atoms in total. The SMILES string of the molecule is C=C(C)C(=O)OCCOC(=O)C(F)(OC(F)(F)C(C)(F)F)C(F)(F)F. The Hall–Kier alpha value is -1.92. The van der Waals surface area contributed by atoms with Crippen LogP contribution in [0, 0.1) is 0 Å². The van der Waals surface area contributed by atoms with Gasteiger partial charge in [-0.25, -0.2) is 9.59 Å². The molecule has 0 spiro atoms. The highest BCUT2D eigenvalue weighted by molar-refractivity contribution is 5.86. The van der Waals surface area contributed by atoms with E-state index in [1.165, 1.54) is 6.92 Å². The molecule has 0 rings (SSSR count). The summed E-state index contributed by atoms with van der Waals surface area (Å²) in [5.74, 6) is -15.2. The second kappa shape index (κ2) is 7.54. The number of carbonyl (C=O) groups excluding carboxylic acids is 2. The lowest BCUT2D eigenvalue weighted by Gasteiger charge is -2.31. The lowest BCUT2D eigenvalue weighted by molar-refractivity contribution is -0.437. The molecule has 25 heavy (non-hydrogen) atoms. The molecule has 0 aliphatic heterocycles. The van der Waals surface area contributed by atoms with Crippen LogP contribution in [0.5, 0.6) is 0 Å². The summed E-state index contributed by atoms with van der Waals surface area (Å²) in [6, 6.07) is 0. The van der Waals surface area contributed by atoms with Gasteiger partial charge in [-0.2, -0.15) is 35.1 Å². The molecule has 146 valence electrons. The molecule has 0 heterocycles. The molecule has 0 saturated carbocycles. The van der Waals surface area contributed by atoms with E-state index in [2.05, 4.69) is 20.8 Å². The van der Waals surface area contributed by atoms with Crippen LogP contribution in [0.1, 0.15) is 13.8 Å². The van der Waals surface area contributed by atoms with Gasteiger partial charge >= 0.3 is 36.0 Å². The van der Waals surface area contributed by atoms with Gasteiger partial charge < -0.3 is 9.47 Å². The Kier molecular flexibility index (Phi) is 6.96. The minimum Gasteiger partial charge on any atom is -0.459 e. The molecule has 0 radical (unpaired) electrons. The number of ether oxygens (including phenoxy) is 3. The molecule has 0 aliphatic carbocycles. The second-order valence-corrected chi connectivity index (χ2v) is 4.65. The third-order valence-electron chi connectivity index (χ3n) is 2.31. The molecular weight excluding hydrogens is 376 g/mol. The predicted octanol–water partition coefficient (Wildman–Crippen LogP) is 3.14. The highest BCUT2D eigenvalue weighted by Crippen LogP contribution is 2.45. The molecule has 0 bridgehead atoms. The Bertz CT molecular complexity index is 525.